The summed E-state index contributed by atoms with van der Waals surface area (Å²) in [5.41, 5.74) is 0. The Morgan fingerprint density at radius 2 is 1.17 bits per heavy atom. The van der Waals surface area contributed by atoms with Gasteiger partial charge in [0, 0.05) is 6.10 Å². The molecule has 0 fully saturated rings. The molecular formula is C21H20OSi. The van der Waals surface area contributed by atoms with Crippen molar-refractivity contribution in [3.63, 3.8) is 0 Å². The molecule has 0 atom stereocenters. The van der Waals surface area contributed by atoms with E-state index in [4.69, 9.17) is 4.43 Å². The highest BCUT2D eigenvalue weighted by molar-refractivity contribution is 6.47. The second-order valence-electron chi connectivity index (χ2n) is 6.44. The number of hydrogen-bond donors (Lipinski definition) is 0. The molecule has 2 heteroatoms. The smallest absolute Gasteiger partial charge is 0.192 e. The predicted molar refractivity (Wildman–Crippen MR) is 103 cm³/mol. The van der Waals surface area contributed by atoms with Crippen LogP contribution in [0.4, 0.5) is 0 Å². The van der Waals surface area contributed by atoms with Crippen molar-refractivity contribution in [3.05, 3.63) is 66.7 Å². The molecule has 0 aliphatic rings. The van der Waals surface area contributed by atoms with Crippen LogP contribution < -0.4 is 5.19 Å². The highest BCUT2D eigenvalue weighted by Crippen LogP contribution is 2.26. The molecule has 0 aromatic heterocycles. The molecule has 0 saturated carbocycles. The maximum Gasteiger partial charge on any atom is 0.192 e. The Bertz CT molecular complexity index is 1000. The average molecular weight is 316 g/mol. The molecule has 0 saturated heterocycles. The molecule has 23 heavy (non-hydrogen) atoms. The van der Waals surface area contributed by atoms with Gasteiger partial charge in [-0.2, -0.15) is 0 Å². The lowest BCUT2D eigenvalue weighted by molar-refractivity contribution is 0.260. The first kappa shape index (κ1) is 14.4. The van der Waals surface area contributed by atoms with E-state index in [1.54, 1.807) is 0 Å². The molecule has 0 unspecified atom stereocenters. The summed E-state index contributed by atoms with van der Waals surface area (Å²) in [5.74, 6) is 0. The maximum absolute atomic E-state index is 5.86. The van der Waals surface area contributed by atoms with Crippen molar-refractivity contribution in [2.45, 2.75) is 20.0 Å². The Hall–Kier alpha value is -2.16. The summed E-state index contributed by atoms with van der Waals surface area (Å²) in [5, 5.41) is 9.19. The standard InChI is InChI=1S/C21H20OSi/c1-14(2)22-23-21-8-7-17-11-18-9-15-5-3-4-6-16(15)10-19(18)12-20(17)13-21/h3-14H,23H2,1-2H3. The number of fused-ring (bicyclic) bond motifs is 3. The van der Waals surface area contributed by atoms with E-state index < -0.39 is 9.76 Å². The largest absolute Gasteiger partial charge is 0.416 e. The van der Waals surface area contributed by atoms with Crippen LogP contribution in [0, 0.1) is 0 Å². The van der Waals surface area contributed by atoms with Crippen LogP contribution in [-0.4, -0.2) is 15.9 Å². The molecule has 0 N–H and O–H groups in total. The first-order chi connectivity index (χ1) is 11.2. The molecule has 0 aliphatic heterocycles. The van der Waals surface area contributed by atoms with Gasteiger partial charge in [0.05, 0.1) is 0 Å². The third-order valence-electron chi connectivity index (χ3n) is 4.31. The summed E-state index contributed by atoms with van der Waals surface area (Å²) < 4.78 is 5.86. The van der Waals surface area contributed by atoms with Crippen LogP contribution in [0.15, 0.2) is 66.7 Å². The van der Waals surface area contributed by atoms with E-state index >= 15 is 0 Å². The minimum absolute atomic E-state index is 0.320. The monoisotopic (exact) mass is 316 g/mol. The second kappa shape index (κ2) is 5.80. The van der Waals surface area contributed by atoms with Gasteiger partial charge in [0.15, 0.2) is 9.76 Å². The van der Waals surface area contributed by atoms with E-state index in [9.17, 15) is 0 Å². The van der Waals surface area contributed by atoms with E-state index in [1.165, 1.54) is 37.5 Å². The molecule has 4 rings (SSSR count). The first-order valence-corrected chi connectivity index (χ1v) is 9.44. The molecular weight excluding hydrogens is 296 g/mol. The molecule has 4 aromatic rings. The fraction of sp³-hybridized carbons (Fsp3) is 0.143. The van der Waals surface area contributed by atoms with Crippen molar-refractivity contribution in [1.29, 1.82) is 0 Å². The summed E-state index contributed by atoms with van der Waals surface area (Å²) in [6, 6.07) is 24.5. The van der Waals surface area contributed by atoms with Gasteiger partial charge in [-0.15, -0.1) is 0 Å². The molecule has 0 spiro atoms. The Morgan fingerprint density at radius 1 is 0.652 bits per heavy atom. The molecule has 1 nitrogen and oxygen atoms in total. The summed E-state index contributed by atoms with van der Waals surface area (Å²) in [6.45, 7) is 4.21. The third kappa shape index (κ3) is 2.88. The Labute approximate surface area is 138 Å². The van der Waals surface area contributed by atoms with Gasteiger partial charge in [0.25, 0.3) is 0 Å². The van der Waals surface area contributed by atoms with Crippen LogP contribution in [0.3, 0.4) is 0 Å². The number of rotatable bonds is 3. The zero-order valence-corrected chi connectivity index (χ0v) is 15.0. The minimum atomic E-state index is -0.632. The van der Waals surface area contributed by atoms with Gasteiger partial charge in [-0.25, -0.2) is 0 Å². The summed E-state index contributed by atoms with van der Waals surface area (Å²) in [4.78, 5) is 0. The predicted octanol–water partition coefficient (Wildman–Crippen LogP) is 4.28. The third-order valence-corrected chi connectivity index (χ3v) is 5.91. The number of hydrogen-bond acceptors (Lipinski definition) is 1. The van der Waals surface area contributed by atoms with Crippen molar-refractivity contribution in [3.8, 4) is 0 Å². The van der Waals surface area contributed by atoms with E-state index in [-0.39, 0.29) is 0 Å². The van der Waals surface area contributed by atoms with Gasteiger partial charge in [0.2, 0.25) is 0 Å². The van der Waals surface area contributed by atoms with Crippen LogP contribution in [0.1, 0.15) is 13.8 Å². The highest BCUT2D eigenvalue weighted by atomic mass is 28.2. The Kier molecular flexibility index (Phi) is 3.64. The lowest BCUT2D eigenvalue weighted by Gasteiger charge is -2.09. The summed E-state index contributed by atoms with van der Waals surface area (Å²) >= 11 is 0. The van der Waals surface area contributed by atoms with Gasteiger partial charge in [0.1, 0.15) is 0 Å². The van der Waals surface area contributed by atoms with Gasteiger partial charge < -0.3 is 4.43 Å². The summed E-state index contributed by atoms with van der Waals surface area (Å²) in [7, 11) is -0.632. The minimum Gasteiger partial charge on any atom is -0.416 e. The normalized spacial score (nSPS) is 12.3. The second-order valence-corrected chi connectivity index (χ2v) is 7.88. The topological polar surface area (TPSA) is 9.23 Å². The molecule has 0 heterocycles. The molecule has 0 aliphatic carbocycles. The first-order valence-electron chi connectivity index (χ1n) is 8.16. The van der Waals surface area contributed by atoms with Gasteiger partial charge in [-0.05, 0) is 75.6 Å². The van der Waals surface area contributed by atoms with Gasteiger partial charge >= 0.3 is 0 Å². The van der Waals surface area contributed by atoms with E-state index in [2.05, 4.69) is 80.6 Å². The van der Waals surface area contributed by atoms with Crippen LogP contribution in [0.25, 0.3) is 32.3 Å². The number of benzene rings is 4. The van der Waals surface area contributed by atoms with Crippen LogP contribution in [-0.2, 0) is 4.43 Å². The highest BCUT2D eigenvalue weighted by Gasteiger charge is 2.03. The fourth-order valence-electron chi connectivity index (χ4n) is 3.09. The van der Waals surface area contributed by atoms with Crippen LogP contribution in [0.5, 0.6) is 0 Å². The lowest BCUT2D eigenvalue weighted by atomic mass is 10.00. The van der Waals surface area contributed by atoms with Crippen molar-refractivity contribution in [2.75, 3.05) is 0 Å². The van der Waals surface area contributed by atoms with Gasteiger partial charge in [-0.3, -0.25) is 0 Å². The van der Waals surface area contributed by atoms with Crippen molar-refractivity contribution < 1.29 is 4.43 Å². The molecule has 0 amide bonds. The maximum atomic E-state index is 5.86. The lowest BCUT2D eigenvalue weighted by Crippen LogP contribution is -2.20. The zero-order chi connectivity index (χ0) is 15.8. The average Bonchev–Trinajstić information content (AvgIpc) is 2.56. The van der Waals surface area contributed by atoms with E-state index in [1.807, 2.05) is 0 Å². The van der Waals surface area contributed by atoms with E-state index in [0.717, 1.165) is 0 Å². The molecule has 0 radical (unpaired) electrons. The summed E-state index contributed by atoms with van der Waals surface area (Å²) in [6.07, 6.45) is 0.320. The van der Waals surface area contributed by atoms with Crippen molar-refractivity contribution >= 4 is 47.3 Å². The molecule has 0 bridgehead atoms. The Balaban J connectivity index is 1.85. The van der Waals surface area contributed by atoms with Crippen molar-refractivity contribution in [1.82, 2.24) is 0 Å². The Morgan fingerprint density at radius 3 is 1.78 bits per heavy atom. The fourth-order valence-corrected chi connectivity index (χ4v) is 4.14. The molecule has 114 valence electrons. The van der Waals surface area contributed by atoms with Crippen molar-refractivity contribution in [2.24, 2.45) is 0 Å². The molecule has 4 aromatic carbocycles. The quantitative estimate of drug-likeness (QED) is 0.405. The van der Waals surface area contributed by atoms with E-state index in [0.29, 0.717) is 6.10 Å². The SMILES string of the molecule is CC(C)O[SiH2]c1ccc2cc3cc4ccccc4cc3cc2c1. The van der Waals surface area contributed by atoms with Crippen LogP contribution in [0.2, 0.25) is 0 Å². The van der Waals surface area contributed by atoms with Gasteiger partial charge in [-0.1, -0.05) is 42.5 Å². The van der Waals surface area contributed by atoms with Crippen LogP contribution >= 0.6 is 0 Å². The zero-order valence-electron chi connectivity index (χ0n) is 13.5.